The maximum absolute atomic E-state index is 13.5. The van der Waals surface area contributed by atoms with Gasteiger partial charge in [0.05, 0.1) is 29.2 Å². The van der Waals surface area contributed by atoms with Gasteiger partial charge in [-0.25, -0.2) is 4.79 Å². The van der Waals surface area contributed by atoms with E-state index < -0.39 is 22.8 Å². The van der Waals surface area contributed by atoms with Crippen molar-refractivity contribution < 1.29 is 19.2 Å². The predicted molar refractivity (Wildman–Crippen MR) is 126 cm³/mol. The van der Waals surface area contributed by atoms with Gasteiger partial charge in [0.1, 0.15) is 0 Å². The van der Waals surface area contributed by atoms with Gasteiger partial charge in [0.25, 0.3) is 11.6 Å². The number of non-ortho nitro benzene ring substituents is 1. The van der Waals surface area contributed by atoms with E-state index in [-0.39, 0.29) is 11.7 Å². The lowest BCUT2D eigenvalue weighted by Crippen LogP contribution is -2.49. The number of thiocarbonyl (C=S) groups is 1. The van der Waals surface area contributed by atoms with Crippen molar-refractivity contribution in [2.75, 3.05) is 12.4 Å². The molecule has 0 saturated heterocycles. The van der Waals surface area contributed by atoms with E-state index in [0.29, 0.717) is 33.2 Å². The van der Waals surface area contributed by atoms with Crippen LogP contribution < -0.4 is 10.6 Å². The summed E-state index contributed by atoms with van der Waals surface area (Å²) in [5, 5.41) is 17.6. The van der Waals surface area contributed by atoms with Crippen molar-refractivity contribution in [3.05, 3.63) is 81.0 Å². The molecule has 0 radical (unpaired) electrons. The Bertz CT molecular complexity index is 1190. The van der Waals surface area contributed by atoms with Gasteiger partial charge in [0, 0.05) is 29.6 Å². The SMILES string of the molecule is COC(=O)c1ccccc1C1NC(=S)N(C2CC2)C(C)=C1C(=O)Nc1cccc([N+](=O)[O-])c1. The van der Waals surface area contributed by atoms with Gasteiger partial charge in [-0.05, 0) is 49.7 Å². The van der Waals surface area contributed by atoms with E-state index in [2.05, 4.69) is 10.6 Å². The van der Waals surface area contributed by atoms with Crippen LogP contribution in [-0.4, -0.2) is 40.0 Å². The normalized spacial score (nSPS) is 17.9. The maximum atomic E-state index is 13.5. The Hall–Kier alpha value is -3.79. The fraction of sp³-hybridized carbons (Fsp3) is 0.261. The van der Waals surface area contributed by atoms with Crippen LogP contribution >= 0.6 is 12.2 Å². The summed E-state index contributed by atoms with van der Waals surface area (Å²) < 4.78 is 4.93. The standard InChI is InChI=1S/C23H22N4O5S/c1-13-19(21(28)24-14-6-5-7-16(12-14)27(30)31)20(25-23(33)26(13)15-10-11-15)17-8-3-4-9-18(17)22(29)32-2/h3-9,12,15,20H,10-11H2,1-2H3,(H,24,28)(H,25,33). The molecule has 2 N–H and O–H groups in total. The Labute approximate surface area is 195 Å². The molecule has 1 atom stereocenters. The molecular weight excluding hydrogens is 444 g/mol. The number of carbonyl (C=O) groups is 2. The Morgan fingerprint density at radius 3 is 2.61 bits per heavy atom. The number of hydrogen-bond acceptors (Lipinski definition) is 6. The Morgan fingerprint density at radius 1 is 1.21 bits per heavy atom. The van der Waals surface area contributed by atoms with Crippen LogP contribution in [-0.2, 0) is 9.53 Å². The van der Waals surface area contributed by atoms with Crippen molar-refractivity contribution in [3.63, 3.8) is 0 Å². The van der Waals surface area contributed by atoms with Gasteiger partial charge in [-0.2, -0.15) is 0 Å². The summed E-state index contributed by atoms with van der Waals surface area (Å²) in [6, 6.07) is 12.1. The number of nitrogens with zero attached hydrogens (tertiary/aromatic N) is 2. The van der Waals surface area contributed by atoms with Crippen molar-refractivity contribution in [2.45, 2.75) is 31.8 Å². The quantitative estimate of drug-likeness (QED) is 0.287. The number of hydrogen-bond donors (Lipinski definition) is 2. The van der Waals surface area contributed by atoms with Gasteiger partial charge in [-0.3, -0.25) is 14.9 Å². The Morgan fingerprint density at radius 2 is 1.94 bits per heavy atom. The molecule has 2 aromatic carbocycles. The summed E-state index contributed by atoms with van der Waals surface area (Å²) in [6.45, 7) is 1.82. The lowest BCUT2D eigenvalue weighted by molar-refractivity contribution is -0.384. The highest BCUT2D eigenvalue weighted by atomic mass is 32.1. The lowest BCUT2D eigenvalue weighted by atomic mass is 9.90. The molecule has 1 heterocycles. The largest absolute Gasteiger partial charge is 0.465 e. The first kappa shape index (κ1) is 22.4. The maximum Gasteiger partial charge on any atom is 0.338 e. The van der Waals surface area contributed by atoms with Gasteiger partial charge < -0.3 is 20.3 Å². The zero-order chi connectivity index (χ0) is 23.7. The van der Waals surface area contributed by atoms with E-state index in [1.54, 1.807) is 30.3 Å². The van der Waals surface area contributed by atoms with Gasteiger partial charge in [0.2, 0.25) is 0 Å². The lowest BCUT2D eigenvalue weighted by Gasteiger charge is -2.38. The molecule has 9 nitrogen and oxygen atoms in total. The fourth-order valence-corrected chi connectivity index (χ4v) is 4.40. The molecular formula is C23H22N4O5S. The number of nitrogens with one attached hydrogen (secondary N) is 2. The number of allylic oxidation sites excluding steroid dienone is 1. The van der Waals surface area contributed by atoms with Crippen molar-refractivity contribution in [3.8, 4) is 0 Å². The highest BCUT2D eigenvalue weighted by molar-refractivity contribution is 7.80. The number of methoxy groups -OCH3 is 1. The minimum absolute atomic E-state index is 0.131. The van der Waals surface area contributed by atoms with Crippen molar-refractivity contribution >= 4 is 40.6 Å². The first-order valence-corrected chi connectivity index (χ1v) is 10.8. The van der Waals surface area contributed by atoms with Crippen molar-refractivity contribution in [2.24, 2.45) is 0 Å². The average Bonchev–Trinajstić information content (AvgIpc) is 3.63. The van der Waals surface area contributed by atoms with Crippen LogP contribution in [0.3, 0.4) is 0 Å². The van der Waals surface area contributed by atoms with E-state index in [4.69, 9.17) is 17.0 Å². The molecule has 4 rings (SSSR count). The highest BCUT2D eigenvalue weighted by Crippen LogP contribution is 2.39. The van der Waals surface area contributed by atoms with Gasteiger partial charge in [-0.1, -0.05) is 24.3 Å². The number of esters is 1. The van der Waals surface area contributed by atoms with Gasteiger partial charge in [0.15, 0.2) is 5.11 Å². The average molecular weight is 467 g/mol. The van der Waals surface area contributed by atoms with E-state index >= 15 is 0 Å². The first-order valence-electron chi connectivity index (χ1n) is 10.4. The molecule has 10 heteroatoms. The van der Waals surface area contributed by atoms with E-state index in [0.717, 1.165) is 12.8 Å². The number of anilines is 1. The second-order valence-electron chi connectivity index (χ2n) is 7.82. The van der Waals surface area contributed by atoms with Crippen molar-refractivity contribution in [1.29, 1.82) is 0 Å². The molecule has 1 fully saturated rings. The molecule has 0 aromatic heterocycles. The second kappa shape index (κ2) is 8.99. The summed E-state index contributed by atoms with van der Waals surface area (Å²) in [4.78, 5) is 38.5. The predicted octanol–water partition coefficient (Wildman–Crippen LogP) is 3.69. The zero-order valence-electron chi connectivity index (χ0n) is 18.0. The number of rotatable bonds is 6. The molecule has 170 valence electrons. The summed E-state index contributed by atoms with van der Waals surface area (Å²) >= 11 is 5.61. The van der Waals surface area contributed by atoms with Gasteiger partial charge in [-0.15, -0.1) is 0 Å². The molecule has 1 amide bonds. The second-order valence-corrected chi connectivity index (χ2v) is 8.21. The van der Waals surface area contributed by atoms with Crippen LogP contribution in [0, 0.1) is 10.1 Å². The molecule has 1 saturated carbocycles. The van der Waals surface area contributed by atoms with Crippen LogP contribution in [0.15, 0.2) is 59.8 Å². The van der Waals surface area contributed by atoms with Crippen molar-refractivity contribution in [1.82, 2.24) is 10.2 Å². The minimum atomic E-state index is -0.707. The number of benzene rings is 2. The van der Waals surface area contributed by atoms with Crippen LogP contribution in [0.1, 0.15) is 41.7 Å². The fourth-order valence-electron chi connectivity index (χ4n) is 4.00. The highest BCUT2D eigenvalue weighted by Gasteiger charge is 2.41. The third-order valence-electron chi connectivity index (χ3n) is 5.68. The Kier molecular flexibility index (Phi) is 6.10. The molecule has 2 aromatic rings. The number of nitro benzene ring substituents is 1. The summed E-state index contributed by atoms with van der Waals surface area (Å²) in [5.74, 6) is -0.975. The van der Waals surface area contributed by atoms with Crippen LogP contribution in [0.25, 0.3) is 0 Å². The van der Waals surface area contributed by atoms with E-state index in [1.807, 2.05) is 11.8 Å². The number of nitro groups is 1. The first-order chi connectivity index (χ1) is 15.8. The zero-order valence-corrected chi connectivity index (χ0v) is 18.8. The van der Waals surface area contributed by atoms with Gasteiger partial charge >= 0.3 is 5.97 Å². The number of ether oxygens (including phenoxy) is 1. The Balaban J connectivity index is 1.78. The molecule has 1 aliphatic carbocycles. The number of carbonyl (C=O) groups excluding carboxylic acids is 2. The van der Waals surface area contributed by atoms with Crippen LogP contribution in [0.4, 0.5) is 11.4 Å². The molecule has 1 aliphatic heterocycles. The number of amides is 1. The monoisotopic (exact) mass is 466 g/mol. The van der Waals surface area contributed by atoms with Crippen LogP contribution in [0.5, 0.6) is 0 Å². The van der Waals surface area contributed by atoms with E-state index in [9.17, 15) is 19.7 Å². The third-order valence-corrected chi connectivity index (χ3v) is 5.99. The van der Waals surface area contributed by atoms with E-state index in [1.165, 1.54) is 25.3 Å². The summed E-state index contributed by atoms with van der Waals surface area (Å²) in [6.07, 6.45) is 1.92. The summed E-state index contributed by atoms with van der Waals surface area (Å²) in [5.41, 5.74) is 2.07. The molecule has 0 spiro atoms. The van der Waals surface area contributed by atoms with Crippen LogP contribution in [0.2, 0.25) is 0 Å². The topological polar surface area (TPSA) is 114 Å². The molecule has 33 heavy (non-hydrogen) atoms. The smallest absolute Gasteiger partial charge is 0.338 e. The third kappa shape index (κ3) is 4.42. The summed E-state index contributed by atoms with van der Waals surface area (Å²) in [7, 11) is 1.30. The molecule has 1 unspecified atom stereocenters. The molecule has 2 aliphatic rings. The minimum Gasteiger partial charge on any atom is -0.465 e. The molecule has 0 bridgehead atoms.